The van der Waals surface area contributed by atoms with Crippen molar-refractivity contribution in [2.75, 3.05) is 24.6 Å². The lowest BCUT2D eigenvalue weighted by Gasteiger charge is -2.13. The second-order valence-electron chi connectivity index (χ2n) is 3.94. The predicted molar refractivity (Wildman–Crippen MR) is 65.9 cm³/mol. The lowest BCUT2D eigenvalue weighted by molar-refractivity contribution is 0.163. The molecule has 0 aromatic heterocycles. The molecular weight excluding hydrogens is 194 g/mol. The van der Waals surface area contributed by atoms with E-state index in [0.29, 0.717) is 5.92 Å². The molecule has 2 unspecified atom stereocenters. The Hall–Kier alpha value is 0.270. The summed E-state index contributed by atoms with van der Waals surface area (Å²) in [4.78, 5) is 0. The Morgan fingerprint density at radius 1 is 1.36 bits per heavy atom. The van der Waals surface area contributed by atoms with Gasteiger partial charge in [0, 0.05) is 0 Å². The van der Waals surface area contributed by atoms with Gasteiger partial charge in [0.05, 0.1) is 6.10 Å². The van der Waals surface area contributed by atoms with Crippen LogP contribution in [0.2, 0.25) is 0 Å². The van der Waals surface area contributed by atoms with E-state index in [9.17, 15) is 0 Å². The molecule has 0 radical (unpaired) electrons. The molecule has 2 atom stereocenters. The Balaban J connectivity index is 3.10. The van der Waals surface area contributed by atoms with Crippen molar-refractivity contribution in [3.8, 4) is 0 Å². The van der Waals surface area contributed by atoms with Gasteiger partial charge in [-0.05, 0) is 50.3 Å². The average Bonchev–Trinajstić information content (AvgIpc) is 2.10. The fraction of sp³-hybridized carbons (Fsp3) is 1.00. The number of rotatable bonds is 9. The highest BCUT2D eigenvalue weighted by Crippen LogP contribution is 2.04. The van der Waals surface area contributed by atoms with Crippen molar-refractivity contribution >= 4 is 11.8 Å². The molecule has 0 aliphatic rings. The van der Waals surface area contributed by atoms with Crippen LogP contribution in [0.15, 0.2) is 0 Å². The van der Waals surface area contributed by atoms with Gasteiger partial charge in [-0.1, -0.05) is 13.8 Å². The number of hydrogen-bond donors (Lipinski definition) is 2. The summed E-state index contributed by atoms with van der Waals surface area (Å²) < 4.78 is 0. The summed E-state index contributed by atoms with van der Waals surface area (Å²) in [5.41, 5.74) is 0. The largest absolute Gasteiger partial charge is 0.393 e. The molecule has 0 heterocycles. The molecule has 0 spiro atoms. The van der Waals surface area contributed by atoms with Crippen LogP contribution in [0.25, 0.3) is 0 Å². The molecule has 0 aromatic rings. The van der Waals surface area contributed by atoms with E-state index in [2.05, 4.69) is 19.2 Å². The van der Waals surface area contributed by atoms with E-state index in [4.69, 9.17) is 5.11 Å². The Morgan fingerprint density at radius 2 is 2.07 bits per heavy atom. The fourth-order valence-corrected chi connectivity index (χ4v) is 2.09. The molecule has 3 heteroatoms. The molecular formula is C11H25NOS. The first kappa shape index (κ1) is 14.3. The van der Waals surface area contributed by atoms with Gasteiger partial charge in [-0.15, -0.1) is 0 Å². The van der Waals surface area contributed by atoms with Crippen molar-refractivity contribution in [3.63, 3.8) is 0 Å². The minimum atomic E-state index is -0.164. The zero-order valence-electron chi connectivity index (χ0n) is 9.75. The van der Waals surface area contributed by atoms with Crippen molar-refractivity contribution in [3.05, 3.63) is 0 Å². The monoisotopic (exact) mass is 219 g/mol. The zero-order chi connectivity index (χ0) is 10.8. The van der Waals surface area contributed by atoms with Crippen LogP contribution in [0.5, 0.6) is 0 Å². The summed E-state index contributed by atoms with van der Waals surface area (Å²) in [6.07, 6.45) is 1.99. The summed E-state index contributed by atoms with van der Waals surface area (Å²) in [5, 5.41) is 12.6. The summed E-state index contributed by atoms with van der Waals surface area (Å²) in [5.74, 6) is 3.06. The minimum absolute atomic E-state index is 0.164. The van der Waals surface area contributed by atoms with Crippen molar-refractivity contribution in [1.82, 2.24) is 5.32 Å². The second-order valence-corrected chi connectivity index (χ2v) is 5.34. The highest BCUT2D eigenvalue weighted by Gasteiger charge is 2.04. The van der Waals surface area contributed by atoms with Gasteiger partial charge in [-0.2, -0.15) is 11.8 Å². The normalized spacial score (nSPS) is 15.4. The third-order valence-electron chi connectivity index (χ3n) is 2.08. The van der Waals surface area contributed by atoms with E-state index >= 15 is 0 Å². The van der Waals surface area contributed by atoms with Gasteiger partial charge in [0.25, 0.3) is 0 Å². The van der Waals surface area contributed by atoms with Gasteiger partial charge in [-0.3, -0.25) is 0 Å². The van der Waals surface area contributed by atoms with Crippen LogP contribution in [0, 0.1) is 5.92 Å². The molecule has 0 bridgehead atoms. The highest BCUT2D eigenvalue weighted by atomic mass is 32.2. The number of nitrogens with one attached hydrogen (secondary N) is 1. The lowest BCUT2D eigenvalue weighted by Crippen LogP contribution is -2.24. The Kier molecular flexibility index (Phi) is 10.0. The van der Waals surface area contributed by atoms with Crippen LogP contribution < -0.4 is 5.32 Å². The van der Waals surface area contributed by atoms with E-state index in [-0.39, 0.29) is 6.10 Å². The Morgan fingerprint density at radius 3 is 2.64 bits per heavy atom. The number of thioether (sulfide) groups is 1. The first-order valence-corrected chi connectivity index (χ1v) is 6.78. The van der Waals surface area contributed by atoms with Crippen molar-refractivity contribution in [2.45, 2.75) is 39.7 Å². The highest BCUT2D eigenvalue weighted by molar-refractivity contribution is 7.99. The Labute approximate surface area is 92.9 Å². The molecule has 2 N–H and O–H groups in total. The Bertz CT molecular complexity index is 120. The first-order valence-electron chi connectivity index (χ1n) is 5.63. The fourth-order valence-electron chi connectivity index (χ4n) is 1.46. The summed E-state index contributed by atoms with van der Waals surface area (Å²) in [7, 11) is 0. The van der Waals surface area contributed by atoms with Crippen LogP contribution in [0.4, 0.5) is 0 Å². The third-order valence-corrected chi connectivity index (χ3v) is 3.07. The summed E-state index contributed by atoms with van der Waals surface area (Å²) in [6.45, 7) is 8.37. The molecule has 0 amide bonds. The molecule has 0 fully saturated rings. The minimum Gasteiger partial charge on any atom is -0.393 e. The summed E-state index contributed by atoms with van der Waals surface area (Å²) >= 11 is 2.00. The average molecular weight is 219 g/mol. The number of aliphatic hydroxyl groups is 1. The van der Waals surface area contributed by atoms with E-state index in [0.717, 1.165) is 19.5 Å². The zero-order valence-corrected chi connectivity index (χ0v) is 10.6. The van der Waals surface area contributed by atoms with Gasteiger partial charge in [0.15, 0.2) is 0 Å². The molecule has 86 valence electrons. The van der Waals surface area contributed by atoms with Crippen molar-refractivity contribution < 1.29 is 5.11 Å². The van der Waals surface area contributed by atoms with Crippen molar-refractivity contribution in [2.24, 2.45) is 5.92 Å². The van der Waals surface area contributed by atoms with E-state index in [1.54, 1.807) is 0 Å². The quantitative estimate of drug-likeness (QED) is 0.583. The maximum Gasteiger partial charge on any atom is 0.0515 e. The SMILES string of the molecule is CCSCCCNCC(C)CC(C)O. The molecule has 0 aromatic carbocycles. The van der Waals surface area contributed by atoms with Gasteiger partial charge in [-0.25, -0.2) is 0 Å². The van der Waals surface area contributed by atoms with Crippen LogP contribution in [0.3, 0.4) is 0 Å². The molecule has 0 rings (SSSR count). The van der Waals surface area contributed by atoms with Crippen LogP contribution in [-0.4, -0.2) is 35.8 Å². The van der Waals surface area contributed by atoms with Crippen LogP contribution in [0.1, 0.15) is 33.6 Å². The standard InChI is InChI=1S/C11H25NOS/c1-4-14-7-5-6-12-9-10(2)8-11(3)13/h10-13H,4-9H2,1-3H3. The topological polar surface area (TPSA) is 32.3 Å². The molecule has 14 heavy (non-hydrogen) atoms. The molecule has 0 aliphatic carbocycles. The molecule has 0 aliphatic heterocycles. The lowest BCUT2D eigenvalue weighted by atomic mass is 10.1. The molecule has 0 saturated carbocycles. The molecule has 2 nitrogen and oxygen atoms in total. The number of hydrogen-bond acceptors (Lipinski definition) is 3. The van der Waals surface area contributed by atoms with Gasteiger partial charge < -0.3 is 10.4 Å². The first-order chi connectivity index (χ1) is 6.66. The maximum atomic E-state index is 9.16. The molecule has 0 saturated heterocycles. The van der Waals surface area contributed by atoms with E-state index in [1.165, 1.54) is 17.9 Å². The maximum absolute atomic E-state index is 9.16. The van der Waals surface area contributed by atoms with Crippen molar-refractivity contribution in [1.29, 1.82) is 0 Å². The second kappa shape index (κ2) is 9.81. The van der Waals surface area contributed by atoms with Gasteiger partial charge >= 0.3 is 0 Å². The van der Waals surface area contributed by atoms with E-state index in [1.807, 2.05) is 18.7 Å². The van der Waals surface area contributed by atoms with Crippen LogP contribution in [-0.2, 0) is 0 Å². The smallest absolute Gasteiger partial charge is 0.0515 e. The third kappa shape index (κ3) is 10.4. The van der Waals surface area contributed by atoms with E-state index < -0.39 is 0 Å². The van der Waals surface area contributed by atoms with Crippen LogP contribution >= 0.6 is 11.8 Å². The predicted octanol–water partition coefficient (Wildman–Crippen LogP) is 2.13. The summed E-state index contributed by atoms with van der Waals surface area (Å²) in [6, 6.07) is 0. The number of aliphatic hydroxyl groups excluding tert-OH is 1. The van der Waals surface area contributed by atoms with Gasteiger partial charge in [0.2, 0.25) is 0 Å². The van der Waals surface area contributed by atoms with Gasteiger partial charge in [0.1, 0.15) is 0 Å².